The fraction of sp³-hybridized carbons (Fsp3) is 0.400. The predicted octanol–water partition coefficient (Wildman–Crippen LogP) is 1.62. The fourth-order valence-electron chi connectivity index (χ4n) is 2.90. The Balaban J connectivity index is 1.92. The Labute approximate surface area is 152 Å². The molecule has 3 rings (SSSR count). The first-order valence-corrected chi connectivity index (χ1v) is 11.2. The van der Waals surface area contributed by atoms with Crippen LogP contribution in [0.5, 0.6) is 0 Å². The molecule has 1 aromatic carbocycles. The molecule has 25 heavy (non-hydrogen) atoms. The molecule has 1 aromatic heterocycles. The van der Waals surface area contributed by atoms with E-state index in [-0.39, 0.29) is 30.3 Å². The molecule has 136 valence electrons. The van der Waals surface area contributed by atoms with E-state index < -0.39 is 25.1 Å². The second kappa shape index (κ2) is 6.71. The summed E-state index contributed by atoms with van der Waals surface area (Å²) in [5.74, 6) is -0.255. The molecule has 0 saturated carbocycles. The molecule has 0 N–H and O–H groups in total. The first-order valence-electron chi connectivity index (χ1n) is 7.66. The third kappa shape index (κ3) is 3.59. The SMILES string of the molecule is Cn1cnc(S(=O)(=O)N2CCC(c3ccccc3Cl)S(=O)(=O)CC2)c1. The number of aromatic nitrogens is 2. The van der Waals surface area contributed by atoms with Crippen LogP contribution in [0.1, 0.15) is 17.2 Å². The Hall–Kier alpha value is -1.42. The molecule has 0 spiro atoms. The van der Waals surface area contributed by atoms with Crippen LogP contribution in [0.3, 0.4) is 0 Å². The molecule has 7 nitrogen and oxygen atoms in total. The van der Waals surface area contributed by atoms with E-state index in [1.54, 1.807) is 31.3 Å². The summed E-state index contributed by atoms with van der Waals surface area (Å²) in [4.78, 5) is 3.88. The van der Waals surface area contributed by atoms with E-state index in [2.05, 4.69) is 4.98 Å². The molecular weight excluding hydrogens is 386 g/mol. The van der Waals surface area contributed by atoms with E-state index in [0.717, 1.165) is 0 Å². The van der Waals surface area contributed by atoms with Gasteiger partial charge in [0.15, 0.2) is 14.9 Å². The van der Waals surface area contributed by atoms with Crippen molar-refractivity contribution >= 4 is 31.5 Å². The molecule has 1 unspecified atom stereocenters. The lowest BCUT2D eigenvalue weighted by Gasteiger charge is -2.18. The highest BCUT2D eigenvalue weighted by atomic mass is 35.5. The van der Waals surface area contributed by atoms with Gasteiger partial charge in [-0.15, -0.1) is 0 Å². The normalized spacial score (nSPS) is 21.8. The van der Waals surface area contributed by atoms with Crippen LogP contribution in [-0.4, -0.2) is 49.5 Å². The summed E-state index contributed by atoms with van der Waals surface area (Å²) >= 11 is 6.15. The lowest BCUT2D eigenvalue weighted by atomic mass is 10.1. The van der Waals surface area contributed by atoms with Gasteiger partial charge in [-0.1, -0.05) is 29.8 Å². The second-order valence-corrected chi connectivity index (χ2v) is 10.5. The summed E-state index contributed by atoms with van der Waals surface area (Å²) in [6, 6.07) is 6.77. The summed E-state index contributed by atoms with van der Waals surface area (Å²) in [6.45, 7) is -0.00375. The van der Waals surface area contributed by atoms with Crippen molar-refractivity contribution in [1.82, 2.24) is 13.9 Å². The number of sulfone groups is 1. The number of benzene rings is 1. The van der Waals surface area contributed by atoms with Crippen molar-refractivity contribution in [2.24, 2.45) is 7.05 Å². The number of sulfonamides is 1. The molecule has 2 aromatic rings. The second-order valence-electron chi connectivity index (χ2n) is 5.95. The Morgan fingerprint density at radius 2 is 1.96 bits per heavy atom. The number of hydrogen-bond donors (Lipinski definition) is 0. The van der Waals surface area contributed by atoms with Gasteiger partial charge in [-0.05, 0) is 18.1 Å². The Morgan fingerprint density at radius 3 is 2.60 bits per heavy atom. The van der Waals surface area contributed by atoms with E-state index in [1.807, 2.05) is 0 Å². The molecule has 0 aliphatic carbocycles. The molecule has 1 aliphatic rings. The third-order valence-corrected chi connectivity index (χ3v) is 8.47. The number of rotatable bonds is 3. The van der Waals surface area contributed by atoms with Crippen LogP contribution in [0, 0.1) is 0 Å². The predicted molar refractivity (Wildman–Crippen MR) is 94.6 cm³/mol. The van der Waals surface area contributed by atoms with Crippen LogP contribution in [0.2, 0.25) is 5.02 Å². The maximum Gasteiger partial charge on any atom is 0.262 e. The lowest BCUT2D eigenvalue weighted by Crippen LogP contribution is -2.33. The minimum absolute atomic E-state index is 0.0800. The maximum absolute atomic E-state index is 12.7. The number of hydrogen-bond acceptors (Lipinski definition) is 5. The monoisotopic (exact) mass is 403 g/mol. The molecule has 0 amide bonds. The van der Waals surface area contributed by atoms with Crippen molar-refractivity contribution in [3.05, 3.63) is 47.4 Å². The quantitative estimate of drug-likeness (QED) is 0.776. The zero-order valence-electron chi connectivity index (χ0n) is 13.5. The summed E-state index contributed by atoms with van der Waals surface area (Å²) in [6.07, 6.45) is 2.95. The average molecular weight is 404 g/mol. The Bertz CT molecular complexity index is 986. The molecule has 0 bridgehead atoms. The lowest BCUT2D eigenvalue weighted by molar-refractivity contribution is 0.426. The molecule has 10 heteroatoms. The van der Waals surface area contributed by atoms with E-state index in [1.165, 1.54) is 21.4 Å². The van der Waals surface area contributed by atoms with Crippen molar-refractivity contribution in [2.45, 2.75) is 16.7 Å². The third-order valence-electron chi connectivity index (χ3n) is 4.24. The van der Waals surface area contributed by atoms with Gasteiger partial charge in [-0.2, -0.15) is 4.31 Å². The smallest absolute Gasteiger partial charge is 0.262 e. The molecule has 2 heterocycles. The molecule has 1 saturated heterocycles. The van der Waals surface area contributed by atoms with E-state index in [9.17, 15) is 16.8 Å². The van der Waals surface area contributed by atoms with Crippen molar-refractivity contribution in [3.63, 3.8) is 0 Å². The summed E-state index contributed by atoms with van der Waals surface area (Å²) in [5.41, 5.74) is 0.515. The van der Waals surface area contributed by atoms with Crippen LogP contribution < -0.4 is 0 Å². The van der Waals surface area contributed by atoms with Gasteiger partial charge in [-0.25, -0.2) is 21.8 Å². The largest absolute Gasteiger partial charge is 0.339 e. The standard InChI is InChI=1S/C15H18ClN3O4S2/c1-18-10-15(17-11-18)25(22,23)19-7-6-14(24(20,21)9-8-19)12-4-2-3-5-13(12)16/h2-5,10-11,14H,6-9H2,1H3. The summed E-state index contributed by atoms with van der Waals surface area (Å²) in [5, 5.41) is -0.522. The molecule has 1 fully saturated rings. The van der Waals surface area contributed by atoms with E-state index in [4.69, 9.17) is 11.6 Å². The molecular formula is C15H18ClN3O4S2. The molecule has 1 aliphatic heterocycles. The Morgan fingerprint density at radius 1 is 1.24 bits per heavy atom. The Kier molecular flexibility index (Phi) is 4.93. The van der Waals surface area contributed by atoms with E-state index >= 15 is 0 Å². The van der Waals surface area contributed by atoms with Crippen LogP contribution in [-0.2, 0) is 26.9 Å². The minimum atomic E-state index is -3.83. The van der Waals surface area contributed by atoms with Crippen LogP contribution in [0.15, 0.2) is 41.8 Å². The van der Waals surface area contributed by atoms with Gasteiger partial charge in [-0.3, -0.25) is 0 Å². The summed E-state index contributed by atoms with van der Waals surface area (Å²) in [7, 11) is -5.68. The zero-order chi connectivity index (χ0) is 18.2. The van der Waals surface area contributed by atoms with Crippen LogP contribution in [0.25, 0.3) is 0 Å². The van der Waals surface area contributed by atoms with E-state index in [0.29, 0.717) is 10.6 Å². The van der Waals surface area contributed by atoms with Gasteiger partial charge in [0.05, 0.1) is 17.3 Å². The minimum Gasteiger partial charge on any atom is -0.339 e. The highest BCUT2D eigenvalue weighted by molar-refractivity contribution is 7.92. The van der Waals surface area contributed by atoms with Gasteiger partial charge in [0.25, 0.3) is 10.0 Å². The number of aryl methyl sites for hydroxylation is 1. The van der Waals surface area contributed by atoms with Crippen molar-refractivity contribution in [3.8, 4) is 0 Å². The maximum atomic E-state index is 12.7. The first kappa shape index (κ1) is 18.4. The number of halogens is 1. The van der Waals surface area contributed by atoms with Gasteiger partial charge >= 0.3 is 0 Å². The van der Waals surface area contributed by atoms with Crippen molar-refractivity contribution in [1.29, 1.82) is 0 Å². The van der Waals surface area contributed by atoms with Crippen LogP contribution in [0.4, 0.5) is 0 Å². The van der Waals surface area contributed by atoms with Crippen molar-refractivity contribution < 1.29 is 16.8 Å². The van der Waals surface area contributed by atoms with Crippen LogP contribution >= 0.6 is 11.6 Å². The van der Waals surface area contributed by atoms with Gasteiger partial charge < -0.3 is 4.57 Å². The molecule has 0 radical (unpaired) electrons. The van der Waals surface area contributed by atoms with Gasteiger partial charge in [0.2, 0.25) is 0 Å². The first-order chi connectivity index (χ1) is 11.7. The topological polar surface area (TPSA) is 89.3 Å². The van der Waals surface area contributed by atoms with Gasteiger partial charge in [0.1, 0.15) is 0 Å². The number of imidazole rings is 1. The van der Waals surface area contributed by atoms with Gasteiger partial charge in [0, 0.05) is 31.4 Å². The highest BCUT2D eigenvalue weighted by Crippen LogP contribution is 2.34. The fourth-order valence-corrected chi connectivity index (χ4v) is 6.59. The molecule has 1 atom stereocenters. The highest BCUT2D eigenvalue weighted by Gasteiger charge is 2.37. The van der Waals surface area contributed by atoms with Crippen molar-refractivity contribution in [2.75, 3.05) is 18.8 Å². The zero-order valence-corrected chi connectivity index (χ0v) is 15.9. The summed E-state index contributed by atoms with van der Waals surface area (Å²) < 4.78 is 53.5. The average Bonchev–Trinajstić information content (AvgIpc) is 2.91. The number of nitrogens with zero attached hydrogens (tertiary/aromatic N) is 3.